The molecule has 1 aliphatic carbocycles. The van der Waals surface area contributed by atoms with Gasteiger partial charge in [0.15, 0.2) is 0 Å². The molecule has 1 aliphatic heterocycles. The highest BCUT2D eigenvalue weighted by atomic mass is 16.5. The standard InChI is InChI=1S/C13H21NO2/c1-4-10-9-11(13(10,2)3)12(15)14-5-7-16-8-6-14/h4,10-11H,1,5-9H2,2-3H3. The SMILES string of the molecule is C=CC1CC(C(=O)N2CCOCC2)C1(C)C. The first-order valence-electron chi connectivity index (χ1n) is 6.06. The maximum atomic E-state index is 12.3. The summed E-state index contributed by atoms with van der Waals surface area (Å²) >= 11 is 0. The predicted octanol–water partition coefficient (Wildman–Crippen LogP) is 1.69. The first kappa shape index (κ1) is 11.6. The fraction of sp³-hybridized carbons (Fsp3) is 0.769. The van der Waals surface area contributed by atoms with Crippen molar-refractivity contribution in [3.8, 4) is 0 Å². The second-order valence-corrected chi connectivity index (χ2v) is 5.39. The van der Waals surface area contributed by atoms with Crippen LogP contribution in [-0.4, -0.2) is 37.1 Å². The maximum absolute atomic E-state index is 12.3. The summed E-state index contributed by atoms with van der Waals surface area (Å²) in [5.74, 6) is 0.975. The van der Waals surface area contributed by atoms with Crippen molar-refractivity contribution in [2.24, 2.45) is 17.3 Å². The molecular weight excluding hydrogens is 202 g/mol. The van der Waals surface area contributed by atoms with E-state index in [4.69, 9.17) is 4.74 Å². The molecule has 2 unspecified atom stereocenters. The Hall–Kier alpha value is -0.830. The molecule has 2 aliphatic rings. The summed E-state index contributed by atoms with van der Waals surface area (Å²) in [7, 11) is 0. The third-order valence-corrected chi connectivity index (χ3v) is 4.25. The van der Waals surface area contributed by atoms with Crippen molar-refractivity contribution in [2.45, 2.75) is 20.3 Å². The van der Waals surface area contributed by atoms with Crippen molar-refractivity contribution in [3.05, 3.63) is 12.7 Å². The normalized spacial score (nSPS) is 33.0. The molecule has 0 bridgehead atoms. The number of carbonyl (C=O) groups is 1. The van der Waals surface area contributed by atoms with Crippen LogP contribution in [0.25, 0.3) is 0 Å². The van der Waals surface area contributed by atoms with E-state index in [1.54, 1.807) is 0 Å². The van der Waals surface area contributed by atoms with Crippen molar-refractivity contribution in [1.29, 1.82) is 0 Å². The third-order valence-electron chi connectivity index (χ3n) is 4.25. The fourth-order valence-electron chi connectivity index (χ4n) is 2.78. The highest BCUT2D eigenvalue weighted by Crippen LogP contribution is 2.52. The molecule has 3 nitrogen and oxygen atoms in total. The van der Waals surface area contributed by atoms with E-state index >= 15 is 0 Å². The van der Waals surface area contributed by atoms with Crippen LogP contribution < -0.4 is 0 Å². The molecule has 90 valence electrons. The molecule has 1 heterocycles. The van der Waals surface area contributed by atoms with Crippen molar-refractivity contribution in [1.82, 2.24) is 4.90 Å². The average molecular weight is 223 g/mol. The van der Waals surface area contributed by atoms with E-state index in [-0.39, 0.29) is 11.3 Å². The fourth-order valence-corrected chi connectivity index (χ4v) is 2.78. The maximum Gasteiger partial charge on any atom is 0.226 e. The summed E-state index contributed by atoms with van der Waals surface area (Å²) in [6.07, 6.45) is 2.95. The van der Waals surface area contributed by atoms with Gasteiger partial charge in [0.05, 0.1) is 13.2 Å². The Morgan fingerprint density at radius 3 is 2.56 bits per heavy atom. The summed E-state index contributed by atoms with van der Waals surface area (Å²) < 4.78 is 5.27. The molecule has 1 saturated heterocycles. The van der Waals surface area contributed by atoms with E-state index in [1.807, 2.05) is 11.0 Å². The van der Waals surface area contributed by atoms with Crippen molar-refractivity contribution in [3.63, 3.8) is 0 Å². The molecule has 1 saturated carbocycles. The number of allylic oxidation sites excluding steroid dienone is 1. The molecule has 0 aromatic carbocycles. The molecule has 1 amide bonds. The number of hydrogen-bond acceptors (Lipinski definition) is 2. The van der Waals surface area contributed by atoms with Gasteiger partial charge in [0.1, 0.15) is 0 Å². The van der Waals surface area contributed by atoms with Gasteiger partial charge in [-0.3, -0.25) is 4.79 Å². The lowest BCUT2D eigenvalue weighted by Crippen LogP contribution is -2.54. The molecule has 0 N–H and O–H groups in total. The van der Waals surface area contributed by atoms with Gasteiger partial charge in [-0.15, -0.1) is 6.58 Å². The smallest absolute Gasteiger partial charge is 0.226 e. The van der Waals surface area contributed by atoms with Crippen LogP contribution in [0.4, 0.5) is 0 Å². The molecule has 16 heavy (non-hydrogen) atoms. The first-order valence-corrected chi connectivity index (χ1v) is 6.06. The number of morpholine rings is 1. The van der Waals surface area contributed by atoms with E-state index in [1.165, 1.54) is 0 Å². The van der Waals surface area contributed by atoms with Crippen molar-refractivity contribution in [2.75, 3.05) is 26.3 Å². The van der Waals surface area contributed by atoms with E-state index in [0.29, 0.717) is 25.0 Å². The molecule has 2 atom stereocenters. The Balaban J connectivity index is 1.98. The van der Waals surface area contributed by atoms with Gasteiger partial charge in [0, 0.05) is 19.0 Å². The molecule has 0 aromatic heterocycles. The van der Waals surface area contributed by atoms with E-state index in [9.17, 15) is 4.79 Å². The Morgan fingerprint density at radius 1 is 1.44 bits per heavy atom. The topological polar surface area (TPSA) is 29.5 Å². The van der Waals surface area contributed by atoms with Gasteiger partial charge < -0.3 is 9.64 Å². The van der Waals surface area contributed by atoms with Crippen LogP contribution in [0.1, 0.15) is 20.3 Å². The van der Waals surface area contributed by atoms with Gasteiger partial charge >= 0.3 is 0 Å². The van der Waals surface area contributed by atoms with Crippen LogP contribution >= 0.6 is 0 Å². The number of ether oxygens (including phenoxy) is 1. The largest absolute Gasteiger partial charge is 0.378 e. The average Bonchev–Trinajstić information content (AvgIpc) is 2.29. The number of hydrogen-bond donors (Lipinski definition) is 0. The minimum atomic E-state index is 0.0805. The second kappa shape index (κ2) is 4.21. The summed E-state index contributed by atoms with van der Waals surface area (Å²) in [5.41, 5.74) is 0.0805. The van der Waals surface area contributed by atoms with Crippen LogP contribution in [0.15, 0.2) is 12.7 Å². The monoisotopic (exact) mass is 223 g/mol. The lowest BCUT2D eigenvalue weighted by molar-refractivity contribution is -0.153. The molecule has 3 heteroatoms. The summed E-state index contributed by atoms with van der Waals surface area (Å²) in [5, 5.41) is 0. The second-order valence-electron chi connectivity index (χ2n) is 5.39. The molecule has 0 spiro atoms. The van der Waals surface area contributed by atoms with Crippen molar-refractivity contribution >= 4 is 5.91 Å². The molecule has 2 fully saturated rings. The molecule has 0 radical (unpaired) electrons. The zero-order valence-corrected chi connectivity index (χ0v) is 10.2. The van der Waals surface area contributed by atoms with Gasteiger partial charge in [-0.05, 0) is 17.8 Å². The third kappa shape index (κ3) is 1.77. The number of rotatable bonds is 2. The van der Waals surface area contributed by atoms with Crippen LogP contribution in [0.2, 0.25) is 0 Å². The summed E-state index contributed by atoms with van der Waals surface area (Å²) in [4.78, 5) is 14.2. The van der Waals surface area contributed by atoms with Crippen LogP contribution in [0.5, 0.6) is 0 Å². The zero-order chi connectivity index (χ0) is 11.8. The molecule has 2 rings (SSSR count). The van der Waals surface area contributed by atoms with Crippen LogP contribution in [0.3, 0.4) is 0 Å². The minimum absolute atomic E-state index is 0.0805. The van der Waals surface area contributed by atoms with E-state index in [0.717, 1.165) is 19.5 Å². The predicted molar refractivity (Wildman–Crippen MR) is 63.0 cm³/mol. The van der Waals surface area contributed by atoms with Gasteiger partial charge in [-0.1, -0.05) is 19.9 Å². The van der Waals surface area contributed by atoms with Gasteiger partial charge in [-0.25, -0.2) is 0 Å². The van der Waals surface area contributed by atoms with E-state index < -0.39 is 0 Å². The number of carbonyl (C=O) groups excluding carboxylic acids is 1. The van der Waals surface area contributed by atoms with Gasteiger partial charge in [0.2, 0.25) is 5.91 Å². The Morgan fingerprint density at radius 2 is 2.06 bits per heavy atom. The number of nitrogens with zero attached hydrogens (tertiary/aromatic N) is 1. The number of amides is 1. The summed E-state index contributed by atoms with van der Waals surface area (Å²) in [6.45, 7) is 11.1. The highest BCUT2D eigenvalue weighted by molar-refractivity contribution is 5.81. The first-order chi connectivity index (χ1) is 7.57. The Bertz CT molecular complexity index is 292. The van der Waals surface area contributed by atoms with Crippen LogP contribution in [0, 0.1) is 17.3 Å². The molecule has 0 aromatic rings. The zero-order valence-electron chi connectivity index (χ0n) is 10.2. The lowest BCUT2D eigenvalue weighted by Gasteiger charge is -2.51. The quantitative estimate of drug-likeness (QED) is 0.667. The van der Waals surface area contributed by atoms with E-state index in [2.05, 4.69) is 20.4 Å². The van der Waals surface area contributed by atoms with Gasteiger partial charge in [-0.2, -0.15) is 0 Å². The summed E-state index contributed by atoms with van der Waals surface area (Å²) in [6, 6.07) is 0. The Kier molecular flexibility index (Phi) is 3.06. The Labute approximate surface area is 97.5 Å². The van der Waals surface area contributed by atoms with Crippen molar-refractivity contribution < 1.29 is 9.53 Å². The molecular formula is C13H21NO2. The lowest BCUT2D eigenvalue weighted by atomic mass is 9.54. The minimum Gasteiger partial charge on any atom is -0.378 e. The van der Waals surface area contributed by atoms with Crippen LogP contribution in [-0.2, 0) is 9.53 Å². The van der Waals surface area contributed by atoms with Gasteiger partial charge in [0.25, 0.3) is 0 Å². The highest BCUT2D eigenvalue weighted by Gasteiger charge is 2.51.